The van der Waals surface area contributed by atoms with Gasteiger partial charge in [-0.3, -0.25) is 9.69 Å². The van der Waals surface area contributed by atoms with Crippen molar-refractivity contribution in [3.05, 3.63) is 48.2 Å². The molecule has 0 bridgehead atoms. The van der Waals surface area contributed by atoms with Crippen molar-refractivity contribution in [2.45, 2.75) is 12.8 Å². The number of carbonyl (C=O) groups excluding carboxylic acids is 1. The molecule has 4 aromatic rings. The molecule has 0 spiro atoms. The molecule has 0 radical (unpaired) electrons. The van der Waals surface area contributed by atoms with Crippen LogP contribution in [0.3, 0.4) is 0 Å². The van der Waals surface area contributed by atoms with E-state index in [0.29, 0.717) is 34.8 Å². The maximum atomic E-state index is 11.3. The molecule has 3 aromatic heterocycles. The number of fused-ring (bicyclic) bond motifs is 1. The van der Waals surface area contributed by atoms with Crippen molar-refractivity contribution < 1.29 is 9.21 Å². The molecule has 4 N–H and O–H groups in total. The quantitative estimate of drug-likeness (QED) is 0.397. The number of rotatable bonds is 6. The van der Waals surface area contributed by atoms with E-state index >= 15 is 0 Å². The number of hydrogen-bond acceptors (Lipinski definition) is 10. The Bertz CT molecular complexity index is 1380. The van der Waals surface area contributed by atoms with Gasteiger partial charge in [0.1, 0.15) is 0 Å². The van der Waals surface area contributed by atoms with Crippen LogP contribution in [0.4, 0.5) is 17.6 Å². The lowest BCUT2D eigenvalue weighted by atomic mass is 9.97. The zero-order valence-corrected chi connectivity index (χ0v) is 20.5. The molecule has 1 atom stereocenters. The van der Waals surface area contributed by atoms with Gasteiger partial charge < -0.3 is 25.7 Å². The minimum Gasteiger partial charge on any atom is -0.461 e. The Morgan fingerprint density at radius 3 is 2.54 bits per heavy atom. The van der Waals surface area contributed by atoms with Crippen molar-refractivity contribution >= 4 is 29.3 Å². The first-order chi connectivity index (χ1) is 18.0. The van der Waals surface area contributed by atoms with E-state index in [1.807, 2.05) is 12.1 Å². The van der Waals surface area contributed by atoms with E-state index in [1.165, 1.54) is 10.9 Å². The van der Waals surface area contributed by atoms with Crippen LogP contribution in [0.25, 0.3) is 17.4 Å². The Labute approximate surface area is 213 Å². The number of benzene rings is 1. The summed E-state index contributed by atoms with van der Waals surface area (Å²) in [5.41, 5.74) is 13.2. The van der Waals surface area contributed by atoms with Gasteiger partial charge in [0.25, 0.3) is 5.78 Å². The lowest BCUT2D eigenvalue weighted by Gasteiger charge is -2.40. The summed E-state index contributed by atoms with van der Waals surface area (Å²) in [6, 6.07) is 11.1. The fraction of sp³-hybridized carbons (Fsp3) is 0.400. The van der Waals surface area contributed by atoms with Crippen LogP contribution in [0.5, 0.6) is 0 Å². The average molecular weight is 503 g/mol. The van der Waals surface area contributed by atoms with Crippen molar-refractivity contribution in [3.63, 3.8) is 0 Å². The van der Waals surface area contributed by atoms with Gasteiger partial charge in [-0.25, -0.2) is 0 Å². The molecule has 12 nitrogen and oxygen atoms in total. The molecule has 1 amide bonds. The third-order valence-electron chi connectivity index (χ3n) is 7.17. The highest BCUT2D eigenvalue weighted by Gasteiger charge is 2.27. The number of amides is 1. The number of nitrogen functional groups attached to an aromatic ring is 1. The van der Waals surface area contributed by atoms with E-state index in [9.17, 15) is 4.79 Å². The van der Waals surface area contributed by atoms with Crippen LogP contribution in [0.2, 0.25) is 0 Å². The second kappa shape index (κ2) is 9.69. The molecular formula is C25H30N10O2. The fourth-order valence-corrected chi connectivity index (χ4v) is 5.23. The van der Waals surface area contributed by atoms with Crippen LogP contribution in [0, 0.1) is 5.92 Å². The first-order valence-corrected chi connectivity index (χ1v) is 12.6. The molecule has 2 aliphatic heterocycles. The molecule has 6 rings (SSSR count). The van der Waals surface area contributed by atoms with E-state index < -0.39 is 5.91 Å². The third kappa shape index (κ3) is 4.79. The van der Waals surface area contributed by atoms with E-state index in [-0.39, 0.29) is 5.95 Å². The smallest absolute Gasteiger partial charge is 0.259 e. The van der Waals surface area contributed by atoms with Gasteiger partial charge in [0.2, 0.25) is 23.6 Å². The minimum absolute atomic E-state index is 0.257. The average Bonchev–Trinajstić information content (AvgIpc) is 3.60. The second-order valence-electron chi connectivity index (χ2n) is 9.66. The van der Waals surface area contributed by atoms with Gasteiger partial charge in [0, 0.05) is 57.1 Å². The SMILES string of the molecule is NC(=O)c1ccc(N2CCN(C[C@@H]3CCCN(c4nc(N)n5nc(-c6ccco6)nc5n4)C3)CC2)cc1. The molecule has 1 aromatic carbocycles. The molecule has 0 saturated carbocycles. The van der Waals surface area contributed by atoms with Gasteiger partial charge in [-0.05, 0) is 55.2 Å². The van der Waals surface area contributed by atoms with Crippen molar-refractivity contribution in [2.75, 3.05) is 61.3 Å². The summed E-state index contributed by atoms with van der Waals surface area (Å²) in [5.74, 6) is 2.38. The standard InChI is InChI=1S/C25H30N10O2/c26-21(36)18-5-7-19(8-6-18)33-12-10-32(11-13-33)15-17-3-1-9-34(16-17)24-29-23(27)35-25(30-24)28-22(31-35)20-4-2-14-37-20/h2,4-8,14,17H,1,3,9-13,15-16H2,(H2,26,36)(H2,27,28,29,30,31)/t17-/m0/s1. The Hall–Kier alpha value is -4.19. The maximum Gasteiger partial charge on any atom is 0.259 e. The van der Waals surface area contributed by atoms with Crippen molar-refractivity contribution in [2.24, 2.45) is 11.7 Å². The van der Waals surface area contributed by atoms with Crippen molar-refractivity contribution in [3.8, 4) is 11.6 Å². The first kappa shape index (κ1) is 23.2. The number of furan rings is 1. The summed E-state index contributed by atoms with van der Waals surface area (Å²) >= 11 is 0. The molecule has 192 valence electrons. The highest BCUT2D eigenvalue weighted by molar-refractivity contribution is 5.93. The monoisotopic (exact) mass is 502 g/mol. The van der Waals surface area contributed by atoms with E-state index in [2.05, 4.69) is 34.8 Å². The molecule has 2 saturated heterocycles. The third-order valence-corrected chi connectivity index (χ3v) is 7.17. The van der Waals surface area contributed by atoms with Gasteiger partial charge in [-0.2, -0.15) is 19.5 Å². The Balaban J connectivity index is 1.08. The molecule has 0 aliphatic carbocycles. The maximum absolute atomic E-state index is 11.3. The lowest BCUT2D eigenvalue weighted by Crippen LogP contribution is -2.49. The van der Waals surface area contributed by atoms with Gasteiger partial charge in [0.15, 0.2) is 5.76 Å². The molecule has 0 unspecified atom stereocenters. The van der Waals surface area contributed by atoms with Crippen LogP contribution in [-0.2, 0) is 0 Å². The van der Waals surface area contributed by atoms with Gasteiger partial charge in [-0.15, -0.1) is 5.10 Å². The number of nitrogens with zero attached hydrogens (tertiary/aromatic N) is 8. The topological polar surface area (TPSA) is 148 Å². The highest BCUT2D eigenvalue weighted by atomic mass is 16.3. The number of piperidine rings is 1. The van der Waals surface area contributed by atoms with E-state index in [1.54, 1.807) is 30.5 Å². The predicted octanol–water partition coefficient (Wildman–Crippen LogP) is 1.50. The van der Waals surface area contributed by atoms with Crippen molar-refractivity contribution in [1.29, 1.82) is 0 Å². The molecular weight excluding hydrogens is 472 g/mol. The zero-order valence-electron chi connectivity index (χ0n) is 20.5. The normalized spacial score (nSPS) is 19.0. The number of nitrogens with two attached hydrogens (primary N) is 2. The van der Waals surface area contributed by atoms with Gasteiger partial charge in [-0.1, -0.05) is 0 Å². The van der Waals surface area contributed by atoms with Crippen molar-refractivity contribution in [1.82, 2.24) is 29.5 Å². The second-order valence-corrected chi connectivity index (χ2v) is 9.66. The minimum atomic E-state index is -0.397. The summed E-state index contributed by atoms with van der Waals surface area (Å²) in [7, 11) is 0. The molecule has 2 fully saturated rings. The van der Waals surface area contributed by atoms with Crippen LogP contribution in [-0.4, -0.2) is 81.2 Å². The Morgan fingerprint density at radius 1 is 1.00 bits per heavy atom. The van der Waals surface area contributed by atoms with E-state index in [0.717, 1.165) is 57.9 Å². The number of hydrogen-bond donors (Lipinski definition) is 2. The molecule has 37 heavy (non-hydrogen) atoms. The number of carbonyl (C=O) groups is 1. The molecule has 12 heteroatoms. The predicted molar refractivity (Wildman–Crippen MR) is 139 cm³/mol. The van der Waals surface area contributed by atoms with Crippen LogP contribution in [0.1, 0.15) is 23.2 Å². The number of anilines is 3. The molecule has 2 aliphatic rings. The summed E-state index contributed by atoms with van der Waals surface area (Å²) in [4.78, 5) is 32.1. The lowest BCUT2D eigenvalue weighted by molar-refractivity contribution is 0.100. The number of aromatic nitrogens is 5. The summed E-state index contributed by atoms with van der Waals surface area (Å²) < 4.78 is 6.85. The summed E-state index contributed by atoms with van der Waals surface area (Å²) in [6.45, 7) is 6.71. The number of piperazine rings is 1. The van der Waals surface area contributed by atoms with Crippen LogP contribution in [0.15, 0.2) is 47.1 Å². The van der Waals surface area contributed by atoms with Crippen LogP contribution < -0.4 is 21.3 Å². The van der Waals surface area contributed by atoms with E-state index in [4.69, 9.17) is 15.9 Å². The fourth-order valence-electron chi connectivity index (χ4n) is 5.23. The molecule has 5 heterocycles. The van der Waals surface area contributed by atoms with Crippen LogP contribution >= 0.6 is 0 Å². The van der Waals surface area contributed by atoms with Gasteiger partial charge in [0.05, 0.1) is 6.26 Å². The Kier molecular flexibility index (Phi) is 6.08. The number of primary amides is 1. The Morgan fingerprint density at radius 2 is 1.81 bits per heavy atom. The zero-order chi connectivity index (χ0) is 25.4. The summed E-state index contributed by atoms with van der Waals surface area (Å²) in [5, 5.41) is 4.39. The first-order valence-electron chi connectivity index (χ1n) is 12.6. The summed E-state index contributed by atoms with van der Waals surface area (Å²) in [6.07, 6.45) is 3.84. The highest BCUT2D eigenvalue weighted by Crippen LogP contribution is 2.25. The van der Waals surface area contributed by atoms with Gasteiger partial charge >= 0.3 is 0 Å². The largest absolute Gasteiger partial charge is 0.461 e.